The zero-order valence-electron chi connectivity index (χ0n) is 14.0. The van der Waals surface area contributed by atoms with Gasteiger partial charge in [-0.15, -0.1) is 5.10 Å². The van der Waals surface area contributed by atoms with Gasteiger partial charge in [0.15, 0.2) is 0 Å². The van der Waals surface area contributed by atoms with Crippen LogP contribution in [0.15, 0.2) is 24.4 Å². The van der Waals surface area contributed by atoms with Crippen molar-refractivity contribution in [2.75, 3.05) is 20.2 Å². The molecule has 2 aliphatic heterocycles. The molecule has 2 aliphatic rings. The quantitative estimate of drug-likeness (QED) is 0.895. The molecule has 2 unspecified atom stereocenters. The van der Waals surface area contributed by atoms with Crippen molar-refractivity contribution in [3.63, 3.8) is 0 Å². The lowest BCUT2D eigenvalue weighted by Gasteiger charge is -2.41. The Morgan fingerprint density at radius 2 is 2.36 bits per heavy atom. The summed E-state index contributed by atoms with van der Waals surface area (Å²) in [5.74, 6) is -0.603. The molecule has 132 valence electrons. The molecule has 0 bridgehead atoms. The fourth-order valence-electron chi connectivity index (χ4n) is 3.67. The average Bonchev–Trinajstić information content (AvgIpc) is 3.11. The second-order valence-corrected chi connectivity index (χ2v) is 6.45. The maximum atomic E-state index is 11.4. The first-order chi connectivity index (χ1) is 12.2. The molecule has 0 amide bonds. The van der Waals surface area contributed by atoms with E-state index in [0.29, 0.717) is 18.9 Å². The minimum atomic E-state index is -0.981. The van der Waals surface area contributed by atoms with Crippen LogP contribution >= 0.6 is 0 Å². The van der Waals surface area contributed by atoms with Gasteiger partial charge in [0.25, 0.3) is 0 Å². The number of carboxylic acid groups (broad SMARTS) is 1. The fourth-order valence-corrected chi connectivity index (χ4v) is 3.67. The second kappa shape index (κ2) is 6.45. The number of rotatable bonds is 4. The van der Waals surface area contributed by atoms with Crippen molar-refractivity contribution in [1.82, 2.24) is 19.9 Å². The molecule has 1 saturated heterocycles. The highest BCUT2D eigenvalue weighted by molar-refractivity contribution is 5.91. The number of carboxylic acids is 1. The number of fused-ring (bicyclic) bond motifs is 3. The number of hydrogen-bond donors (Lipinski definition) is 1. The van der Waals surface area contributed by atoms with Crippen molar-refractivity contribution in [3.05, 3.63) is 41.2 Å². The third-order valence-corrected chi connectivity index (χ3v) is 4.91. The summed E-state index contributed by atoms with van der Waals surface area (Å²) < 4.78 is 13.0. The van der Waals surface area contributed by atoms with Gasteiger partial charge in [0, 0.05) is 19.6 Å². The van der Waals surface area contributed by atoms with Crippen LogP contribution in [0.4, 0.5) is 0 Å². The molecule has 0 radical (unpaired) electrons. The highest BCUT2D eigenvalue weighted by Crippen LogP contribution is 2.31. The van der Waals surface area contributed by atoms with Crippen molar-refractivity contribution in [1.29, 1.82) is 0 Å². The number of aromatic carboxylic acids is 1. The van der Waals surface area contributed by atoms with Crippen molar-refractivity contribution >= 4 is 5.97 Å². The Bertz CT molecular complexity index is 791. The predicted octanol–water partition coefficient (Wildman–Crippen LogP) is 1.33. The number of benzene rings is 1. The molecule has 4 rings (SSSR count). The summed E-state index contributed by atoms with van der Waals surface area (Å²) in [7, 11) is 1.48. The lowest BCUT2D eigenvalue weighted by atomic mass is 9.99. The third-order valence-electron chi connectivity index (χ3n) is 4.91. The molecular formula is C17H20N4O4. The number of nitrogens with zero attached hydrogens (tertiary/aromatic N) is 4. The van der Waals surface area contributed by atoms with Crippen LogP contribution in [0.2, 0.25) is 0 Å². The van der Waals surface area contributed by atoms with Gasteiger partial charge in [0.05, 0.1) is 37.8 Å². The number of hydrogen-bond acceptors (Lipinski definition) is 6. The zero-order valence-corrected chi connectivity index (χ0v) is 14.0. The van der Waals surface area contributed by atoms with Gasteiger partial charge < -0.3 is 14.6 Å². The Labute approximate surface area is 144 Å². The zero-order chi connectivity index (χ0) is 17.4. The van der Waals surface area contributed by atoms with Crippen LogP contribution in [0.1, 0.15) is 34.1 Å². The van der Waals surface area contributed by atoms with Crippen LogP contribution in [0.3, 0.4) is 0 Å². The molecule has 2 atom stereocenters. The summed E-state index contributed by atoms with van der Waals surface area (Å²) in [5, 5.41) is 17.5. The van der Waals surface area contributed by atoms with E-state index in [4.69, 9.17) is 9.47 Å². The van der Waals surface area contributed by atoms with Crippen LogP contribution < -0.4 is 4.74 Å². The summed E-state index contributed by atoms with van der Waals surface area (Å²) in [6.07, 6.45) is 2.83. The van der Waals surface area contributed by atoms with Gasteiger partial charge in [-0.25, -0.2) is 9.48 Å². The second-order valence-electron chi connectivity index (χ2n) is 6.45. The molecule has 0 aliphatic carbocycles. The van der Waals surface area contributed by atoms with Crippen molar-refractivity contribution < 1.29 is 19.4 Å². The maximum absolute atomic E-state index is 11.4. The van der Waals surface area contributed by atoms with E-state index in [-0.39, 0.29) is 17.7 Å². The van der Waals surface area contributed by atoms with Crippen LogP contribution in [-0.2, 0) is 17.9 Å². The van der Waals surface area contributed by atoms with Crippen LogP contribution in [-0.4, -0.2) is 57.3 Å². The first-order valence-corrected chi connectivity index (χ1v) is 8.29. The molecule has 25 heavy (non-hydrogen) atoms. The molecule has 1 N–H and O–H groups in total. The maximum Gasteiger partial charge on any atom is 0.339 e. The molecule has 1 fully saturated rings. The lowest BCUT2D eigenvalue weighted by molar-refractivity contribution is -0.0669. The van der Waals surface area contributed by atoms with Crippen LogP contribution in [0, 0.1) is 0 Å². The minimum absolute atomic E-state index is 0.150. The Hall–Kier alpha value is -2.45. The predicted molar refractivity (Wildman–Crippen MR) is 87.5 cm³/mol. The number of aromatic nitrogens is 3. The normalized spacial score (nSPS) is 22.9. The molecule has 2 aromatic rings. The van der Waals surface area contributed by atoms with E-state index in [9.17, 15) is 9.90 Å². The SMILES string of the molecule is COc1ccc(CN2CCC3OCc4cnnn4C3C2)cc1C(=O)O. The van der Waals surface area contributed by atoms with E-state index in [1.165, 1.54) is 7.11 Å². The number of piperidine rings is 1. The average molecular weight is 344 g/mol. The first-order valence-electron chi connectivity index (χ1n) is 8.29. The summed E-state index contributed by atoms with van der Waals surface area (Å²) >= 11 is 0. The Morgan fingerprint density at radius 3 is 3.16 bits per heavy atom. The van der Waals surface area contributed by atoms with Gasteiger partial charge in [-0.05, 0) is 24.1 Å². The van der Waals surface area contributed by atoms with Gasteiger partial charge in [0.2, 0.25) is 0 Å². The van der Waals surface area contributed by atoms with Crippen molar-refractivity contribution in [3.8, 4) is 5.75 Å². The van der Waals surface area contributed by atoms with Crippen LogP contribution in [0.5, 0.6) is 5.75 Å². The molecule has 8 nitrogen and oxygen atoms in total. The Balaban J connectivity index is 1.51. The molecule has 3 heterocycles. The molecule has 0 spiro atoms. The third kappa shape index (κ3) is 2.98. The Morgan fingerprint density at radius 1 is 1.48 bits per heavy atom. The highest BCUT2D eigenvalue weighted by atomic mass is 16.5. The van der Waals surface area contributed by atoms with Gasteiger partial charge in [-0.3, -0.25) is 4.90 Å². The van der Waals surface area contributed by atoms with E-state index >= 15 is 0 Å². The highest BCUT2D eigenvalue weighted by Gasteiger charge is 2.36. The van der Waals surface area contributed by atoms with E-state index < -0.39 is 5.97 Å². The summed E-state index contributed by atoms with van der Waals surface area (Å²) in [6.45, 7) is 2.95. The first kappa shape index (κ1) is 16.0. The number of carbonyl (C=O) groups is 1. The van der Waals surface area contributed by atoms with Gasteiger partial charge in [0.1, 0.15) is 11.3 Å². The number of methoxy groups -OCH3 is 1. The summed E-state index contributed by atoms with van der Waals surface area (Å²) in [4.78, 5) is 13.7. The minimum Gasteiger partial charge on any atom is -0.496 e. The molecule has 0 saturated carbocycles. The number of ether oxygens (including phenoxy) is 2. The number of likely N-dealkylation sites (tertiary alicyclic amines) is 1. The largest absolute Gasteiger partial charge is 0.496 e. The molecule has 8 heteroatoms. The van der Waals surface area contributed by atoms with Crippen molar-refractivity contribution in [2.45, 2.75) is 31.7 Å². The Kier molecular flexibility index (Phi) is 4.14. The smallest absolute Gasteiger partial charge is 0.339 e. The molecule has 1 aromatic carbocycles. The molecular weight excluding hydrogens is 324 g/mol. The van der Waals surface area contributed by atoms with Gasteiger partial charge in [-0.1, -0.05) is 11.3 Å². The topological polar surface area (TPSA) is 89.7 Å². The van der Waals surface area contributed by atoms with Gasteiger partial charge in [-0.2, -0.15) is 0 Å². The van der Waals surface area contributed by atoms with E-state index in [2.05, 4.69) is 15.2 Å². The van der Waals surface area contributed by atoms with E-state index in [1.54, 1.807) is 18.3 Å². The van der Waals surface area contributed by atoms with E-state index in [1.807, 2.05) is 10.7 Å². The van der Waals surface area contributed by atoms with Crippen molar-refractivity contribution in [2.24, 2.45) is 0 Å². The molecule has 1 aromatic heterocycles. The monoisotopic (exact) mass is 344 g/mol. The standard InChI is InChI=1S/C17H20N4O4/c1-24-15-3-2-11(6-13(15)17(22)23)8-20-5-4-16-14(9-20)21-12(10-25-16)7-18-19-21/h2-3,6-7,14,16H,4-5,8-10H2,1H3,(H,22,23). The fraction of sp³-hybridized carbons (Fsp3) is 0.471. The summed E-state index contributed by atoms with van der Waals surface area (Å²) in [5.41, 5.74) is 2.14. The van der Waals surface area contributed by atoms with Gasteiger partial charge >= 0.3 is 5.97 Å². The van der Waals surface area contributed by atoms with E-state index in [0.717, 1.165) is 30.8 Å². The van der Waals surface area contributed by atoms with Crippen LogP contribution in [0.25, 0.3) is 0 Å². The summed E-state index contributed by atoms with van der Waals surface area (Å²) in [6, 6.07) is 5.46. The lowest BCUT2D eigenvalue weighted by Crippen LogP contribution is -2.47.